The fraction of sp³-hybridized carbons (Fsp3) is 0.296. The summed E-state index contributed by atoms with van der Waals surface area (Å²) in [6, 6.07) is 10.7. The number of rotatable bonds is 6. The van der Waals surface area contributed by atoms with E-state index in [9.17, 15) is 18.0 Å². The van der Waals surface area contributed by atoms with Gasteiger partial charge in [-0.2, -0.15) is 13.2 Å². The number of anilines is 1. The van der Waals surface area contributed by atoms with Gasteiger partial charge in [-0.25, -0.2) is 9.97 Å². The Morgan fingerprint density at radius 2 is 1.89 bits per heavy atom. The van der Waals surface area contributed by atoms with E-state index in [0.29, 0.717) is 43.6 Å². The molecule has 8 nitrogen and oxygen atoms in total. The number of hydrogen-bond donors (Lipinski definition) is 0. The predicted octanol–water partition coefficient (Wildman–Crippen LogP) is 5.22. The maximum absolute atomic E-state index is 13.0. The van der Waals surface area contributed by atoms with Crippen LogP contribution in [0.4, 0.5) is 18.9 Å². The summed E-state index contributed by atoms with van der Waals surface area (Å²) in [5.41, 5.74) is 1.53. The minimum Gasteiger partial charge on any atom is -0.496 e. The molecule has 0 saturated carbocycles. The van der Waals surface area contributed by atoms with Gasteiger partial charge in [-0.3, -0.25) is 4.79 Å². The minimum atomic E-state index is -4.45. The Bertz CT molecular complexity index is 1440. The largest absolute Gasteiger partial charge is 0.496 e. The van der Waals surface area contributed by atoms with Gasteiger partial charge in [0.15, 0.2) is 11.7 Å². The van der Waals surface area contributed by atoms with Gasteiger partial charge in [0.1, 0.15) is 24.1 Å². The highest BCUT2D eigenvalue weighted by molar-refractivity contribution is 5.78. The van der Waals surface area contributed by atoms with Crippen molar-refractivity contribution >= 4 is 11.6 Å². The lowest BCUT2D eigenvalue weighted by Crippen LogP contribution is -2.49. The fourth-order valence-corrected chi connectivity index (χ4v) is 4.40. The van der Waals surface area contributed by atoms with E-state index in [0.717, 1.165) is 23.4 Å². The van der Waals surface area contributed by atoms with Crippen molar-refractivity contribution in [3.05, 3.63) is 72.3 Å². The normalized spacial score (nSPS) is 14.1. The Kier molecular flexibility index (Phi) is 6.83. The number of halogens is 3. The molecule has 0 aliphatic carbocycles. The molecule has 3 heterocycles. The van der Waals surface area contributed by atoms with E-state index < -0.39 is 11.7 Å². The third-order valence-electron chi connectivity index (χ3n) is 6.41. The van der Waals surface area contributed by atoms with Gasteiger partial charge in [0.05, 0.1) is 24.4 Å². The van der Waals surface area contributed by atoms with Crippen LogP contribution >= 0.6 is 0 Å². The van der Waals surface area contributed by atoms with Gasteiger partial charge < -0.3 is 23.4 Å². The van der Waals surface area contributed by atoms with Crippen LogP contribution in [-0.2, 0) is 17.4 Å². The van der Waals surface area contributed by atoms with Crippen molar-refractivity contribution in [3.8, 4) is 28.3 Å². The van der Waals surface area contributed by atoms with E-state index in [1.807, 2.05) is 18.2 Å². The molecule has 0 atom stereocenters. The van der Waals surface area contributed by atoms with Crippen LogP contribution in [0, 0.1) is 6.92 Å². The summed E-state index contributed by atoms with van der Waals surface area (Å²) in [6.45, 7) is 4.03. The molecule has 38 heavy (non-hydrogen) atoms. The second kappa shape index (κ2) is 10.2. The molecule has 2 aromatic heterocycles. The quantitative estimate of drug-likeness (QED) is 0.340. The third-order valence-corrected chi connectivity index (χ3v) is 6.41. The zero-order chi connectivity index (χ0) is 26.9. The molecule has 0 radical (unpaired) electrons. The highest BCUT2D eigenvalue weighted by Gasteiger charge is 2.31. The van der Waals surface area contributed by atoms with Crippen LogP contribution in [0.15, 0.2) is 63.8 Å². The molecule has 1 aliphatic rings. The Morgan fingerprint density at radius 1 is 1.11 bits per heavy atom. The lowest BCUT2D eigenvalue weighted by molar-refractivity contribution is -0.137. The molecular formula is C27H25F3N4O4. The van der Waals surface area contributed by atoms with Crippen molar-refractivity contribution in [3.63, 3.8) is 0 Å². The summed E-state index contributed by atoms with van der Waals surface area (Å²) in [5.74, 6) is 1.87. The number of ether oxygens (including phenoxy) is 1. The van der Waals surface area contributed by atoms with E-state index in [4.69, 9.17) is 13.6 Å². The maximum Gasteiger partial charge on any atom is 0.416 e. The summed E-state index contributed by atoms with van der Waals surface area (Å²) in [5, 5.41) is 0. The van der Waals surface area contributed by atoms with E-state index in [-0.39, 0.29) is 29.5 Å². The summed E-state index contributed by atoms with van der Waals surface area (Å²) in [4.78, 5) is 25.1. The van der Waals surface area contributed by atoms with Gasteiger partial charge >= 0.3 is 6.18 Å². The Morgan fingerprint density at radius 3 is 2.58 bits per heavy atom. The molecule has 11 heteroatoms. The summed E-state index contributed by atoms with van der Waals surface area (Å²) in [6.07, 6.45) is -1.59. The average molecular weight is 527 g/mol. The number of benzene rings is 2. The van der Waals surface area contributed by atoms with Crippen molar-refractivity contribution in [1.29, 1.82) is 0 Å². The summed E-state index contributed by atoms with van der Waals surface area (Å²) in [7, 11) is 1.60. The van der Waals surface area contributed by atoms with Crippen LogP contribution in [0.25, 0.3) is 22.6 Å². The SMILES string of the molecule is COc1cc(N2CCN(C(=O)Cc3nc(-c4cccc(C(F)(F)F)c4)co3)CC2)ccc1-c1cnc(C)o1. The first-order chi connectivity index (χ1) is 18.2. The van der Waals surface area contributed by atoms with E-state index in [2.05, 4.69) is 14.9 Å². The molecular weight excluding hydrogens is 501 g/mol. The first-order valence-electron chi connectivity index (χ1n) is 12.0. The lowest BCUT2D eigenvalue weighted by atomic mass is 10.1. The van der Waals surface area contributed by atoms with Gasteiger partial charge in [0.2, 0.25) is 11.8 Å². The Balaban J connectivity index is 1.20. The number of hydrogen-bond acceptors (Lipinski definition) is 7. The van der Waals surface area contributed by atoms with Crippen molar-refractivity contribution in [1.82, 2.24) is 14.9 Å². The van der Waals surface area contributed by atoms with Gasteiger partial charge in [0.25, 0.3) is 0 Å². The molecule has 2 aromatic carbocycles. The molecule has 1 fully saturated rings. The first kappa shape index (κ1) is 25.4. The standard InChI is InChI=1S/C27H25F3N4O4/c1-17-31-15-24(38-17)21-7-6-20(13-23(21)36-2)33-8-10-34(11-9-33)26(35)14-25-32-22(16-37-25)18-4-3-5-19(12-18)27(28,29)30/h3-7,12-13,15-16H,8-11,14H2,1-2H3. The predicted molar refractivity (Wildman–Crippen MR) is 133 cm³/mol. The molecule has 0 spiro atoms. The van der Waals surface area contributed by atoms with Crippen LogP contribution in [-0.4, -0.2) is 54.1 Å². The molecule has 4 aromatic rings. The molecule has 5 rings (SSSR count). The van der Waals surface area contributed by atoms with Crippen LogP contribution in [0.5, 0.6) is 5.75 Å². The second-order valence-electron chi connectivity index (χ2n) is 8.88. The summed E-state index contributed by atoms with van der Waals surface area (Å²) >= 11 is 0. The van der Waals surface area contributed by atoms with Gasteiger partial charge in [0, 0.05) is 50.4 Å². The van der Waals surface area contributed by atoms with E-state index in [1.165, 1.54) is 18.4 Å². The van der Waals surface area contributed by atoms with Gasteiger partial charge in [-0.05, 0) is 24.3 Å². The highest BCUT2D eigenvalue weighted by Crippen LogP contribution is 2.35. The molecule has 0 unspecified atom stereocenters. The fourth-order valence-electron chi connectivity index (χ4n) is 4.40. The first-order valence-corrected chi connectivity index (χ1v) is 12.0. The van der Waals surface area contributed by atoms with Gasteiger partial charge in [-0.1, -0.05) is 12.1 Å². The van der Waals surface area contributed by atoms with Crippen LogP contribution in [0.3, 0.4) is 0 Å². The topological polar surface area (TPSA) is 84.8 Å². The Labute approximate surface area is 216 Å². The molecule has 198 valence electrons. The minimum absolute atomic E-state index is 0.0713. The molecule has 1 amide bonds. The average Bonchev–Trinajstić information content (AvgIpc) is 3.57. The van der Waals surface area contributed by atoms with E-state index in [1.54, 1.807) is 25.1 Å². The highest BCUT2D eigenvalue weighted by atomic mass is 19.4. The zero-order valence-electron chi connectivity index (χ0n) is 20.8. The number of carbonyl (C=O) groups excluding carboxylic acids is 1. The van der Waals surface area contributed by atoms with E-state index >= 15 is 0 Å². The number of nitrogens with zero attached hydrogens (tertiary/aromatic N) is 4. The van der Waals surface area contributed by atoms with Crippen LogP contribution in [0.1, 0.15) is 17.3 Å². The van der Waals surface area contributed by atoms with Crippen LogP contribution in [0.2, 0.25) is 0 Å². The second-order valence-corrected chi connectivity index (χ2v) is 8.88. The van der Waals surface area contributed by atoms with Crippen molar-refractivity contribution in [2.45, 2.75) is 19.5 Å². The molecule has 1 saturated heterocycles. The molecule has 0 bridgehead atoms. The number of methoxy groups -OCH3 is 1. The number of aryl methyl sites for hydroxylation is 1. The smallest absolute Gasteiger partial charge is 0.416 e. The number of oxazole rings is 2. The number of carbonyl (C=O) groups is 1. The molecule has 0 N–H and O–H groups in total. The summed E-state index contributed by atoms with van der Waals surface area (Å²) < 4.78 is 55.7. The van der Waals surface area contributed by atoms with Crippen molar-refractivity contribution in [2.75, 3.05) is 38.2 Å². The zero-order valence-corrected chi connectivity index (χ0v) is 20.8. The van der Waals surface area contributed by atoms with Crippen LogP contribution < -0.4 is 9.64 Å². The number of aromatic nitrogens is 2. The maximum atomic E-state index is 13.0. The monoisotopic (exact) mass is 526 g/mol. The number of alkyl halides is 3. The van der Waals surface area contributed by atoms with Crippen molar-refractivity contribution in [2.24, 2.45) is 0 Å². The van der Waals surface area contributed by atoms with Gasteiger partial charge in [-0.15, -0.1) is 0 Å². The lowest BCUT2D eigenvalue weighted by Gasteiger charge is -2.36. The number of amides is 1. The van der Waals surface area contributed by atoms with Crippen molar-refractivity contribution < 1.29 is 31.5 Å². The third kappa shape index (κ3) is 5.36. The number of piperazine rings is 1. The Hall–Kier alpha value is -4.28. The molecule has 1 aliphatic heterocycles.